The lowest BCUT2D eigenvalue weighted by molar-refractivity contribution is 0.708. The van der Waals surface area contributed by atoms with Crippen molar-refractivity contribution in [2.75, 3.05) is 5.32 Å². The van der Waals surface area contributed by atoms with Gasteiger partial charge < -0.3 is 5.32 Å². The van der Waals surface area contributed by atoms with E-state index in [4.69, 9.17) is 16.9 Å². The molecule has 0 aliphatic heterocycles. The molecule has 0 amide bonds. The zero-order valence-corrected chi connectivity index (χ0v) is 10.3. The van der Waals surface area contributed by atoms with E-state index in [1.807, 2.05) is 6.92 Å². The second kappa shape index (κ2) is 5.08. The van der Waals surface area contributed by atoms with Gasteiger partial charge in [0.05, 0.1) is 6.07 Å². The monoisotopic (exact) mass is 239 g/mol. The van der Waals surface area contributed by atoms with Crippen LogP contribution in [-0.4, -0.2) is 20.5 Å². The number of nitrogens with zero attached hydrogens (tertiary/aromatic N) is 4. The van der Waals surface area contributed by atoms with E-state index in [1.54, 1.807) is 13.8 Å². The molecule has 0 atom stereocenters. The highest BCUT2D eigenvalue weighted by atomic mass is 35.5. The van der Waals surface area contributed by atoms with E-state index in [2.05, 4.69) is 26.3 Å². The minimum atomic E-state index is -0.728. The van der Waals surface area contributed by atoms with Crippen LogP contribution in [0.15, 0.2) is 0 Å². The van der Waals surface area contributed by atoms with Gasteiger partial charge in [0.25, 0.3) is 0 Å². The third-order valence-electron chi connectivity index (χ3n) is 1.83. The van der Waals surface area contributed by atoms with Crippen molar-refractivity contribution in [2.45, 2.75) is 39.2 Å². The lowest BCUT2D eigenvalue weighted by atomic mass is 10.1. The topological polar surface area (TPSA) is 74.5 Å². The molecule has 1 rings (SSSR count). The lowest BCUT2D eigenvalue weighted by Crippen LogP contribution is -2.29. The fourth-order valence-corrected chi connectivity index (χ4v) is 1.27. The van der Waals surface area contributed by atoms with Gasteiger partial charge in [-0.1, -0.05) is 6.92 Å². The summed E-state index contributed by atoms with van der Waals surface area (Å²) in [5.74, 6) is 0.980. The van der Waals surface area contributed by atoms with Crippen molar-refractivity contribution >= 4 is 17.5 Å². The van der Waals surface area contributed by atoms with E-state index in [9.17, 15) is 0 Å². The van der Waals surface area contributed by atoms with Gasteiger partial charge in [-0.2, -0.15) is 15.2 Å². The molecule has 0 radical (unpaired) electrons. The molecule has 0 aliphatic rings. The average molecular weight is 240 g/mol. The number of anilines is 1. The van der Waals surface area contributed by atoms with Crippen LogP contribution >= 0.6 is 11.6 Å². The van der Waals surface area contributed by atoms with Gasteiger partial charge in [-0.3, -0.25) is 0 Å². The highest BCUT2D eigenvalue weighted by Crippen LogP contribution is 2.12. The zero-order valence-electron chi connectivity index (χ0n) is 9.58. The molecule has 86 valence electrons. The molecule has 0 aliphatic carbocycles. The summed E-state index contributed by atoms with van der Waals surface area (Å²) in [6.45, 7) is 5.51. The number of halogens is 1. The van der Waals surface area contributed by atoms with Crippen molar-refractivity contribution in [3.8, 4) is 6.07 Å². The van der Waals surface area contributed by atoms with Crippen molar-refractivity contribution in [1.82, 2.24) is 15.0 Å². The second-order valence-corrected chi connectivity index (χ2v) is 4.29. The van der Waals surface area contributed by atoms with Crippen LogP contribution in [0.25, 0.3) is 0 Å². The first-order valence-corrected chi connectivity index (χ1v) is 5.44. The van der Waals surface area contributed by atoms with Crippen LogP contribution in [0, 0.1) is 11.3 Å². The normalized spacial score (nSPS) is 10.9. The minimum absolute atomic E-state index is 0.148. The first kappa shape index (κ1) is 12.7. The summed E-state index contributed by atoms with van der Waals surface area (Å²) in [7, 11) is 0. The summed E-state index contributed by atoms with van der Waals surface area (Å²) in [4.78, 5) is 12.1. The summed E-state index contributed by atoms with van der Waals surface area (Å²) >= 11 is 5.77. The standard InChI is InChI=1S/C10H14ClN5/c1-4-5-7-13-8(11)15-9(14-7)16-10(2,3)6-12/h4-5H2,1-3H3,(H,13,14,15,16). The molecule has 0 unspecified atom stereocenters. The van der Waals surface area contributed by atoms with Gasteiger partial charge in [0.15, 0.2) is 0 Å². The molecule has 0 saturated carbocycles. The number of nitrogens with one attached hydrogen (secondary N) is 1. The third kappa shape index (κ3) is 3.63. The smallest absolute Gasteiger partial charge is 0.228 e. The predicted molar refractivity (Wildman–Crippen MR) is 62.1 cm³/mol. The molecule has 1 heterocycles. The van der Waals surface area contributed by atoms with E-state index < -0.39 is 5.54 Å². The Morgan fingerprint density at radius 2 is 2.06 bits per heavy atom. The maximum Gasteiger partial charge on any atom is 0.228 e. The first-order chi connectivity index (χ1) is 7.46. The van der Waals surface area contributed by atoms with Crippen LogP contribution in [0.4, 0.5) is 5.95 Å². The second-order valence-electron chi connectivity index (χ2n) is 3.96. The number of nitriles is 1. The number of aryl methyl sites for hydroxylation is 1. The average Bonchev–Trinajstić information content (AvgIpc) is 2.16. The third-order valence-corrected chi connectivity index (χ3v) is 2.00. The van der Waals surface area contributed by atoms with Gasteiger partial charge in [0.2, 0.25) is 11.2 Å². The molecule has 6 heteroatoms. The molecular formula is C10H14ClN5. The van der Waals surface area contributed by atoms with Crippen LogP contribution in [0.2, 0.25) is 5.28 Å². The fraction of sp³-hybridized carbons (Fsp3) is 0.600. The number of aromatic nitrogens is 3. The Bertz CT molecular complexity index is 410. The maximum atomic E-state index is 8.88. The van der Waals surface area contributed by atoms with E-state index in [0.29, 0.717) is 11.8 Å². The van der Waals surface area contributed by atoms with Gasteiger partial charge in [0.1, 0.15) is 11.4 Å². The van der Waals surface area contributed by atoms with Gasteiger partial charge in [0, 0.05) is 6.42 Å². The summed E-state index contributed by atoms with van der Waals surface area (Å²) < 4.78 is 0. The Morgan fingerprint density at radius 1 is 1.38 bits per heavy atom. The van der Waals surface area contributed by atoms with Crippen LogP contribution in [0.1, 0.15) is 33.0 Å². The Kier molecular flexibility index (Phi) is 4.02. The first-order valence-electron chi connectivity index (χ1n) is 5.06. The lowest BCUT2D eigenvalue weighted by Gasteiger charge is -2.17. The number of hydrogen-bond acceptors (Lipinski definition) is 5. The van der Waals surface area contributed by atoms with Crippen molar-refractivity contribution in [3.63, 3.8) is 0 Å². The highest BCUT2D eigenvalue weighted by molar-refractivity contribution is 6.28. The molecule has 0 spiro atoms. The predicted octanol–water partition coefficient (Wildman–Crippen LogP) is 2.19. The van der Waals surface area contributed by atoms with E-state index in [-0.39, 0.29) is 5.28 Å². The number of rotatable bonds is 4. The van der Waals surface area contributed by atoms with Gasteiger partial charge >= 0.3 is 0 Å². The molecule has 0 bridgehead atoms. The zero-order chi connectivity index (χ0) is 12.2. The van der Waals surface area contributed by atoms with Crippen LogP contribution in [0.5, 0.6) is 0 Å². The van der Waals surface area contributed by atoms with Crippen molar-refractivity contribution in [3.05, 3.63) is 11.1 Å². The quantitative estimate of drug-likeness (QED) is 0.872. The van der Waals surface area contributed by atoms with Crippen molar-refractivity contribution < 1.29 is 0 Å². The Balaban J connectivity index is 2.93. The van der Waals surface area contributed by atoms with E-state index in [1.165, 1.54) is 0 Å². The van der Waals surface area contributed by atoms with Crippen LogP contribution in [0.3, 0.4) is 0 Å². The van der Waals surface area contributed by atoms with Gasteiger partial charge in [-0.05, 0) is 31.9 Å². The molecule has 0 fully saturated rings. The van der Waals surface area contributed by atoms with E-state index >= 15 is 0 Å². The van der Waals surface area contributed by atoms with Gasteiger partial charge in [-0.15, -0.1) is 0 Å². The van der Waals surface area contributed by atoms with E-state index in [0.717, 1.165) is 12.8 Å². The van der Waals surface area contributed by atoms with Crippen LogP contribution < -0.4 is 5.32 Å². The molecule has 1 aromatic heterocycles. The van der Waals surface area contributed by atoms with Crippen molar-refractivity contribution in [2.24, 2.45) is 0 Å². The van der Waals surface area contributed by atoms with Crippen molar-refractivity contribution in [1.29, 1.82) is 5.26 Å². The molecule has 5 nitrogen and oxygen atoms in total. The Morgan fingerprint density at radius 3 is 2.62 bits per heavy atom. The SMILES string of the molecule is CCCc1nc(Cl)nc(NC(C)(C)C#N)n1. The number of hydrogen-bond donors (Lipinski definition) is 1. The highest BCUT2D eigenvalue weighted by Gasteiger charge is 2.18. The molecule has 0 saturated heterocycles. The molecule has 0 aromatic carbocycles. The van der Waals surface area contributed by atoms with Crippen LogP contribution in [-0.2, 0) is 6.42 Å². The molecular weight excluding hydrogens is 226 g/mol. The maximum absolute atomic E-state index is 8.88. The molecule has 16 heavy (non-hydrogen) atoms. The Hall–Kier alpha value is -1.41. The Labute approximate surface area is 99.9 Å². The van der Waals surface area contributed by atoms with Gasteiger partial charge in [-0.25, -0.2) is 4.98 Å². The summed E-state index contributed by atoms with van der Waals surface area (Å²) in [5.41, 5.74) is -0.728. The summed E-state index contributed by atoms with van der Waals surface area (Å²) in [5, 5.41) is 11.9. The minimum Gasteiger partial charge on any atom is -0.336 e. The summed E-state index contributed by atoms with van der Waals surface area (Å²) in [6, 6.07) is 2.11. The molecule has 1 N–H and O–H groups in total. The molecule has 1 aromatic rings. The largest absolute Gasteiger partial charge is 0.336 e. The fourth-order valence-electron chi connectivity index (χ4n) is 1.09. The summed E-state index contributed by atoms with van der Waals surface area (Å²) in [6.07, 6.45) is 1.67.